The Morgan fingerprint density at radius 2 is 1.97 bits per heavy atom. The molecule has 0 spiro atoms. The zero-order chi connectivity index (χ0) is 20.8. The van der Waals surface area contributed by atoms with E-state index in [1.165, 1.54) is 31.0 Å². The zero-order valence-electron chi connectivity index (χ0n) is 16.0. The van der Waals surface area contributed by atoms with Crippen LogP contribution < -0.4 is 5.32 Å². The second kappa shape index (κ2) is 9.38. The number of nitrogens with zero attached hydrogens (tertiary/aromatic N) is 2. The average molecular weight is 413 g/mol. The van der Waals surface area contributed by atoms with Crippen molar-refractivity contribution in [2.45, 2.75) is 22.9 Å². The van der Waals surface area contributed by atoms with Gasteiger partial charge in [-0.05, 0) is 54.1 Å². The molecule has 2 aromatic carbocycles. The maximum absolute atomic E-state index is 13.7. The van der Waals surface area contributed by atoms with Gasteiger partial charge in [0.25, 0.3) is 0 Å². The highest BCUT2D eigenvalue weighted by Gasteiger charge is 2.12. The van der Waals surface area contributed by atoms with Crippen LogP contribution in [-0.4, -0.2) is 28.5 Å². The molecule has 0 saturated carbocycles. The molecule has 1 N–H and O–H groups in total. The lowest BCUT2D eigenvalue weighted by Crippen LogP contribution is -2.13. The van der Waals surface area contributed by atoms with E-state index < -0.39 is 11.8 Å². The number of nitrogens with one attached hydrogen (secondary N) is 1. The molecule has 6 nitrogen and oxygen atoms in total. The molecule has 0 bridgehead atoms. The van der Waals surface area contributed by atoms with Crippen LogP contribution in [-0.2, 0) is 23.0 Å². The average Bonchev–Trinajstić information content (AvgIpc) is 3.12. The van der Waals surface area contributed by atoms with Gasteiger partial charge in [0.15, 0.2) is 5.16 Å². The van der Waals surface area contributed by atoms with Gasteiger partial charge in [-0.3, -0.25) is 4.79 Å². The summed E-state index contributed by atoms with van der Waals surface area (Å²) < 4.78 is 20.2. The van der Waals surface area contributed by atoms with Crippen molar-refractivity contribution in [1.82, 2.24) is 9.55 Å². The lowest BCUT2D eigenvalue weighted by atomic mass is 10.1. The van der Waals surface area contributed by atoms with E-state index in [-0.39, 0.29) is 12.3 Å². The highest BCUT2D eigenvalue weighted by molar-refractivity contribution is 7.99. The summed E-state index contributed by atoms with van der Waals surface area (Å²) in [5, 5.41) is 3.52. The number of amides is 1. The van der Waals surface area contributed by atoms with Gasteiger partial charge in [0, 0.05) is 30.8 Å². The van der Waals surface area contributed by atoms with Crippen LogP contribution in [0, 0.1) is 5.82 Å². The Labute approximate surface area is 172 Å². The molecule has 3 rings (SSSR count). The molecular weight excluding hydrogens is 393 g/mol. The summed E-state index contributed by atoms with van der Waals surface area (Å²) in [7, 11) is 3.19. The molecule has 0 radical (unpaired) electrons. The van der Waals surface area contributed by atoms with Gasteiger partial charge in [0.2, 0.25) is 5.91 Å². The predicted octanol–water partition coefficient (Wildman–Crippen LogP) is 4.07. The highest BCUT2D eigenvalue weighted by atomic mass is 32.2. The fourth-order valence-corrected chi connectivity index (χ4v) is 3.50. The van der Waals surface area contributed by atoms with Gasteiger partial charge in [0.05, 0.1) is 18.4 Å². The molecular formula is C21H20FN3O3S. The molecule has 0 unspecified atom stereocenters. The van der Waals surface area contributed by atoms with Crippen molar-refractivity contribution in [3.8, 4) is 0 Å². The molecule has 1 aromatic heterocycles. The molecule has 3 aromatic rings. The van der Waals surface area contributed by atoms with E-state index >= 15 is 0 Å². The highest BCUT2D eigenvalue weighted by Crippen LogP contribution is 2.33. The fraction of sp³-hybridized carbons (Fsp3) is 0.190. The summed E-state index contributed by atoms with van der Waals surface area (Å²) in [6.07, 6.45) is 4.20. The van der Waals surface area contributed by atoms with E-state index in [1.54, 1.807) is 36.5 Å². The van der Waals surface area contributed by atoms with Crippen LogP contribution in [0.15, 0.2) is 64.9 Å². The van der Waals surface area contributed by atoms with Crippen molar-refractivity contribution in [2.75, 3.05) is 12.4 Å². The van der Waals surface area contributed by atoms with Crippen molar-refractivity contribution < 1.29 is 18.7 Å². The molecule has 0 aliphatic carbocycles. The number of hydrogen-bond acceptors (Lipinski definition) is 5. The monoisotopic (exact) mass is 413 g/mol. The number of carbonyl (C=O) groups is 2. The van der Waals surface area contributed by atoms with Gasteiger partial charge in [-0.25, -0.2) is 14.2 Å². The summed E-state index contributed by atoms with van der Waals surface area (Å²) in [5.41, 5.74) is 1.77. The second-order valence-electron chi connectivity index (χ2n) is 6.30. The minimum absolute atomic E-state index is 0.223. The number of imidazole rings is 1. The van der Waals surface area contributed by atoms with E-state index in [4.69, 9.17) is 0 Å². The van der Waals surface area contributed by atoms with Gasteiger partial charge < -0.3 is 14.6 Å². The summed E-state index contributed by atoms with van der Waals surface area (Å²) in [5.74, 6) is -1.06. The van der Waals surface area contributed by atoms with E-state index in [9.17, 15) is 14.0 Å². The first-order valence-electron chi connectivity index (χ1n) is 8.88. The van der Waals surface area contributed by atoms with Crippen LogP contribution in [0.5, 0.6) is 0 Å². The summed E-state index contributed by atoms with van der Waals surface area (Å²) in [4.78, 5) is 28.8. The van der Waals surface area contributed by atoms with Crippen molar-refractivity contribution in [2.24, 2.45) is 7.05 Å². The molecule has 8 heteroatoms. The Kier molecular flexibility index (Phi) is 6.66. The van der Waals surface area contributed by atoms with E-state index in [2.05, 4.69) is 15.0 Å². The van der Waals surface area contributed by atoms with Crippen molar-refractivity contribution in [3.05, 3.63) is 71.8 Å². The second-order valence-corrected chi connectivity index (χ2v) is 7.31. The fourth-order valence-electron chi connectivity index (χ4n) is 2.63. The molecule has 1 heterocycles. The Bertz CT molecular complexity index is 1020. The summed E-state index contributed by atoms with van der Waals surface area (Å²) in [6, 6.07) is 11.2. The van der Waals surface area contributed by atoms with E-state index in [0.29, 0.717) is 22.6 Å². The van der Waals surface area contributed by atoms with Gasteiger partial charge in [-0.15, -0.1) is 0 Å². The van der Waals surface area contributed by atoms with E-state index in [1.807, 2.05) is 17.8 Å². The molecule has 0 fully saturated rings. The first kappa shape index (κ1) is 20.6. The van der Waals surface area contributed by atoms with Crippen LogP contribution in [0.2, 0.25) is 0 Å². The minimum atomic E-state index is -0.428. The first-order chi connectivity index (χ1) is 14.0. The number of hydrogen-bond donors (Lipinski definition) is 1. The largest absolute Gasteiger partial charge is 0.465 e. The summed E-state index contributed by atoms with van der Waals surface area (Å²) in [6.45, 7) is 0. The number of benzene rings is 2. The molecule has 0 atom stereocenters. The number of ether oxygens (including phenoxy) is 1. The topological polar surface area (TPSA) is 73.2 Å². The minimum Gasteiger partial charge on any atom is -0.465 e. The number of aromatic nitrogens is 2. The van der Waals surface area contributed by atoms with Gasteiger partial charge in [0.1, 0.15) is 5.82 Å². The van der Waals surface area contributed by atoms with Crippen LogP contribution in [0.3, 0.4) is 0 Å². The smallest absolute Gasteiger partial charge is 0.337 e. The number of aryl methyl sites for hydroxylation is 2. The molecule has 1 amide bonds. The first-order valence-corrected chi connectivity index (χ1v) is 9.70. The van der Waals surface area contributed by atoms with Gasteiger partial charge in [-0.1, -0.05) is 12.1 Å². The normalized spacial score (nSPS) is 10.6. The maximum Gasteiger partial charge on any atom is 0.337 e. The van der Waals surface area contributed by atoms with Crippen LogP contribution >= 0.6 is 11.8 Å². The van der Waals surface area contributed by atoms with Crippen molar-refractivity contribution in [3.63, 3.8) is 0 Å². The van der Waals surface area contributed by atoms with Crippen molar-refractivity contribution >= 4 is 29.3 Å². The number of anilines is 1. The Morgan fingerprint density at radius 1 is 1.21 bits per heavy atom. The van der Waals surface area contributed by atoms with Crippen LogP contribution in [0.4, 0.5) is 10.1 Å². The maximum atomic E-state index is 13.7. The molecule has 0 saturated heterocycles. The Hall–Kier alpha value is -3.13. The lowest BCUT2D eigenvalue weighted by Gasteiger charge is -2.11. The number of carbonyl (C=O) groups excluding carboxylic acids is 2. The van der Waals surface area contributed by atoms with E-state index in [0.717, 1.165) is 10.7 Å². The quantitative estimate of drug-likeness (QED) is 0.591. The molecule has 150 valence electrons. The Balaban J connectivity index is 1.63. The zero-order valence-corrected chi connectivity index (χ0v) is 16.8. The number of methoxy groups -OCH3 is 1. The third-order valence-corrected chi connectivity index (χ3v) is 5.36. The number of halogens is 1. The van der Waals surface area contributed by atoms with Gasteiger partial charge >= 0.3 is 5.97 Å². The molecule has 0 aliphatic rings. The lowest BCUT2D eigenvalue weighted by molar-refractivity contribution is -0.116. The SMILES string of the molecule is COC(=O)c1ccc(CCC(=O)Nc2cc(F)ccc2Sc2nccn2C)cc1. The van der Waals surface area contributed by atoms with Crippen molar-refractivity contribution in [1.29, 1.82) is 0 Å². The van der Waals surface area contributed by atoms with Crippen LogP contribution in [0.1, 0.15) is 22.3 Å². The third-order valence-electron chi connectivity index (χ3n) is 4.21. The van der Waals surface area contributed by atoms with Crippen LogP contribution in [0.25, 0.3) is 0 Å². The number of esters is 1. The predicted molar refractivity (Wildman–Crippen MR) is 108 cm³/mol. The summed E-state index contributed by atoms with van der Waals surface area (Å²) >= 11 is 1.35. The molecule has 0 aliphatic heterocycles. The third kappa shape index (κ3) is 5.45. The van der Waals surface area contributed by atoms with Gasteiger partial charge in [-0.2, -0.15) is 0 Å². The number of rotatable bonds is 7. The molecule has 29 heavy (non-hydrogen) atoms. The Morgan fingerprint density at radius 3 is 2.62 bits per heavy atom. The standard InChI is InChI=1S/C21H20FN3O3S/c1-25-12-11-23-21(25)29-18-9-8-16(22)13-17(18)24-19(26)10-5-14-3-6-15(7-4-14)20(27)28-2/h3-4,6-9,11-13H,5,10H2,1-2H3,(H,24,26).